The summed E-state index contributed by atoms with van der Waals surface area (Å²) in [5.74, 6) is 0. The van der Waals surface area contributed by atoms with Crippen molar-refractivity contribution in [2.24, 2.45) is 5.73 Å². The zero-order valence-electron chi connectivity index (χ0n) is 11.1. The SMILES string of the molecule is CN1CCN(C/C=C/c2ccccc2)C(CN)C1. The summed E-state index contributed by atoms with van der Waals surface area (Å²) in [5, 5.41) is 0. The molecule has 3 heteroatoms. The van der Waals surface area contributed by atoms with Crippen LogP contribution < -0.4 is 5.73 Å². The first-order chi connectivity index (χ1) is 8.79. The molecule has 0 aliphatic carbocycles. The van der Waals surface area contributed by atoms with Gasteiger partial charge in [-0.15, -0.1) is 0 Å². The topological polar surface area (TPSA) is 32.5 Å². The molecule has 1 aromatic carbocycles. The Labute approximate surface area is 110 Å². The van der Waals surface area contributed by atoms with Crippen molar-refractivity contribution in [3.63, 3.8) is 0 Å². The van der Waals surface area contributed by atoms with Crippen molar-refractivity contribution in [3.8, 4) is 0 Å². The number of piperazine rings is 1. The number of nitrogens with zero attached hydrogens (tertiary/aromatic N) is 2. The van der Waals surface area contributed by atoms with Gasteiger partial charge >= 0.3 is 0 Å². The summed E-state index contributed by atoms with van der Waals surface area (Å²) in [6.07, 6.45) is 4.43. The first-order valence-corrected chi connectivity index (χ1v) is 6.64. The second-order valence-corrected chi connectivity index (χ2v) is 4.96. The zero-order chi connectivity index (χ0) is 12.8. The maximum atomic E-state index is 5.85. The van der Waals surface area contributed by atoms with Crippen molar-refractivity contribution >= 4 is 6.08 Å². The van der Waals surface area contributed by atoms with E-state index in [9.17, 15) is 0 Å². The highest BCUT2D eigenvalue weighted by Crippen LogP contribution is 2.08. The zero-order valence-corrected chi connectivity index (χ0v) is 11.1. The van der Waals surface area contributed by atoms with Crippen LogP contribution >= 0.6 is 0 Å². The molecule has 0 saturated carbocycles. The monoisotopic (exact) mass is 245 g/mol. The molecular weight excluding hydrogens is 222 g/mol. The highest BCUT2D eigenvalue weighted by molar-refractivity contribution is 5.48. The number of hydrogen-bond acceptors (Lipinski definition) is 3. The third-order valence-corrected chi connectivity index (χ3v) is 3.53. The van der Waals surface area contributed by atoms with Gasteiger partial charge in [0.05, 0.1) is 0 Å². The Hall–Kier alpha value is -1.16. The summed E-state index contributed by atoms with van der Waals surface area (Å²) in [6, 6.07) is 10.9. The summed E-state index contributed by atoms with van der Waals surface area (Å²) >= 11 is 0. The van der Waals surface area contributed by atoms with Crippen molar-refractivity contribution in [2.75, 3.05) is 39.8 Å². The summed E-state index contributed by atoms with van der Waals surface area (Å²) < 4.78 is 0. The number of nitrogens with two attached hydrogens (primary N) is 1. The van der Waals surface area contributed by atoms with Gasteiger partial charge in [0.2, 0.25) is 0 Å². The van der Waals surface area contributed by atoms with Gasteiger partial charge in [-0.25, -0.2) is 0 Å². The smallest absolute Gasteiger partial charge is 0.0349 e. The Morgan fingerprint density at radius 2 is 2.06 bits per heavy atom. The summed E-state index contributed by atoms with van der Waals surface area (Å²) in [4.78, 5) is 4.83. The molecular formula is C15H23N3. The van der Waals surface area contributed by atoms with Gasteiger partial charge in [-0.3, -0.25) is 4.90 Å². The van der Waals surface area contributed by atoms with Crippen molar-refractivity contribution in [1.29, 1.82) is 0 Å². The Kier molecular flexibility index (Phi) is 4.93. The van der Waals surface area contributed by atoms with Crippen LogP contribution in [-0.4, -0.2) is 55.6 Å². The largest absolute Gasteiger partial charge is 0.329 e. The molecule has 0 amide bonds. The molecule has 2 N–H and O–H groups in total. The van der Waals surface area contributed by atoms with Gasteiger partial charge < -0.3 is 10.6 Å². The van der Waals surface area contributed by atoms with Crippen LogP contribution in [0.4, 0.5) is 0 Å². The Bertz CT molecular complexity index is 375. The normalized spacial score (nSPS) is 22.7. The van der Waals surface area contributed by atoms with Crippen LogP contribution in [0.2, 0.25) is 0 Å². The lowest BCUT2D eigenvalue weighted by Crippen LogP contribution is -2.54. The van der Waals surface area contributed by atoms with Crippen molar-refractivity contribution in [2.45, 2.75) is 6.04 Å². The fourth-order valence-corrected chi connectivity index (χ4v) is 2.40. The van der Waals surface area contributed by atoms with E-state index in [1.165, 1.54) is 5.56 Å². The average Bonchev–Trinajstić information content (AvgIpc) is 2.41. The molecule has 1 saturated heterocycles. The minimum Gasteiger partial charge on any atom is -0.329 e. The van der Waals surface area contributed by atoms with Crippen LogP contribution in [0.1, 0.15) is 5.56 Å². The Morgan fingerprint density at radius 1 is 1.28 bits per heavy atom. The van der Waals surface area contributed by atoms with Crippen molar-refractivity contribution in [3.05, 3.63) is 42.0 Å². The van der Waals surface area contributed by atoms with Gasteiger partial charge in [0, 0.05) is 38.8 Å². The van der Waals surface area contributed by atoms with Gasteiger partial charge in [0.1, 0.15) is 0 Å². The van der Waals surface area contributed by atoms with Gasteiger partial charge in [0.25, 0.3) is 0 Å². The standard InChI is InChI=1S/C15H23N3/c1-17-10-11-18(15(12-16)13-17)9-5-8-14-6-3-2-4-7-14/h2-8,15H,9-13,16H2,1H3/b8-5+. The van der Waals surface area contributed by atoms with E-state index in [1.54, 1.807) is 0 Å². The van der Waals surface area contributed by atoms with Crippen LogP contribution in [0.15, 0.2) is 36.4 Å². The molecule has 0 radical (unpaired) electrons. The number of hydrogen-bond donors (Lipinski definition) is 1. The van der Waals surface area contributed by atoms with E-state index >= 15 is 0 Å². The number of benzene rings is 1. The molecule has 1 aromatic rings. The average molecular weight is 245 g/mol. The van der Waals surface area contributed by atoms with Crippen LogP contribution in [-0.2, 0) is 0 Å². The van der Waals surface area contributed by atoms with E-state index in [2.05, 4.69) is 53.3 Å². The maximum absolute atomic E-state index is 5.85. The predicted molar refractivity (Wildman–Crippen MR) is 77.4 cm³/mol. The van der Waals surface area contributed by atoms with E-state index < -0.39 is 0 Å². The molecule has 1 fully saturated rings. The Balaban J connectivity index is 1.87. The van der Waals surface area contributed by atoms with Gasteiger partial charge in [-0.1, -0.05) is 42.5 Å². The highest BCUT2D eigenvalue weighted by atomic mass is 15.3. The van der Waals surface area contributed by atoms with Crippen molar-refractivity contribution in [1.82, 2.24) is 9.80 Å². The molecule has 0 bridgehead atoms. The molecule has 1 heterocycles. The molecule has 1 atom stereocenters. The van der Waals surface area contributed by atoms with E-state index in [0.29, 0.717) is 6.04 Å². The minimum atomic E-state index is 0.490. The van der Waals surface area contributed by atoms with E-state index in [0.717, 1.165) is 32.7 Å². The molecule has 2 rings (SSSR count). The quantitative estimate of drug-likeness (QED) is 0.867. The van der Waals surface area contributed by atoms with Crippen LogP contribution in [0, 0.1) is 0 Å². The molecule has 1 unspecified atom stereocenters. The maximum Gasteiger partial charge on any atom is 0.0349 e. The lowest BCUT2D eigenvalue weighted by atomic mass is 10.1. The molecule has 0 spiro atoms. The third kappa shape index (κ3) is 3.67. The van der Waals surface area contributed by atoms with E-state index in [-0.39, 0.29) is 0 Å². The van der Waals surface area contributed by atoms with Gasteiger partial charge in [-0.2, -0.15) is 0 Å². The molecule has 0 aromatic heterocycles. The first kappa shape index (κ1) is 13.3. The second kappa shape index (κ2) is 6.69. The Morgan fingerprint density at radius 3 is 2.78 bits per heavy atom. The lowest BCUT2D eigenvalue weighted by molar-refractivity contribution is 0.106. The molecule has 1 aliphatic rings. The minimum absolute atomic E-state index is 0.490. The predicted octanol–water partition coefficient (Wildman–Crippen LogP) is 1.27. The highest BCUT2D eigenvalue weighted by Gasteiger charge is 2.22. The number of rotatable bonds is 4. The van der Waals surface area contributed by atoms with Gasteiger partial charge in [-0.05, 0) is 12.6 Å². The molecule has 3 nitrogen and oxygen atoms in total. The molecule has 1 aliphatic heterocycles. The molecule has 18 heavy (non-hydrogen) atoms. The second-order valence-electron chi connectivity index (χ2n) is 4.96. The lowest BCUT2D eigenvalue weighted by Gasteiger charge is -2.38. The van der Waals surface area contributed by atoms with Gasteiger partial charge in [0.15, 0.2) is 0 Å². The summed E-state index contributed by atoms with van der Waals surface area (Å²) in [6.45, 7) is 5.05. The van der Waals surface area contributed by atoms with Crippen molar-refractivity contribution < 1.29 is 0 Å². The van der Waals surface area contributed by atoms with Crippen LogP contribution in [0.25, 0.3) is 6.08 Å². The summed E-state index contributed by atoms with van der Waals surface area (Å²) in [5.41, 5.74) is 7.11. The third-order valence-electron chi connectivity index (χ3n) is 3.53. The first-order valence-electron chi connectivity index (χ1n) is 6.64. The van der Waals surface area contributed by atoms with E-state index in [1.807, 2.05) is 6.07 Å². The summed E-state index contributed by atoms with van der Waals surface area (Å²) in [7, 11) is 2.17. The fraction of sp³-hybridized carbons (Fsp3) is 0.467. The fourth-order valence-electron chi connectivity index (χ4n) is 2.40. The van der Waals surface area contributed by atoms with Crippen LogP contribution in [0.5, 0.6) is 0 Å². The van der Waals surface area contributed by atoms with E-state index in [4.69, 9.17) is 5.73 Å². The number of likely N-dealkylation sites (N-methyl/N-ethyl adjacent to an activating group) is 1. The van der Waals surface area contributed by atoms with Crippen LogP contribution in [0.3, 0.4) is 0 Å². The molecule has 98 valence electrons.